The molecule has 0 saturated carbocycles. The second kappa shape index (κ2) is 12.4. The summed E-state index contributed by atoms with van der Waals surface area (Å²) in [4.78, 5) is 18.4. The molecule has 2 N–H and O–H groups in total. The van der Waals surface area contributed by atoms with Gasteiger partial charge in [0.2, 0.25) is 0 Å². The summed E-state index contributed by atoms with van der Waals surface area (Å²) in [5.41, 5.74) is 0.138. The van der Waals surface area contributed by atoms with Crippen LogP contribution in [0.4, 0.5) is 4.79 Å². The predicted molar refractivity (Wildman–Crippen MR) is 129 cm³/mol. The van der Waals surface area contributed by atoms with E-state index in [1.807, 2.05) is 32.6 Å². The molecule has 2 aliphatic rings. The van der Waals surface area contributed by atoms with Gasteiger partial charge in [-0.1, -0.05) is 6.58 Å². The molecule has 0 aromatic rings. The molecule has 2 heterocycles. The molecule has 1 unspecified atom stereocenters. The maximum atomic E-state index is 12.6. The van der Waals surface area contributed by atoms with Crippen molar-refractivity contribution in [3.63, 3.8) is 0 Å². The Morgan fingerprint density at radius 1 is 1.30 bits per heavy atom. The molecule has 33 heavy (non-hydrogen) atoms. The number of nitriles is 1. The molecule has 9 nitrogen and oxygen atoms in total. The second-order valence-electron chi connectivity index (χ2n) is 10.0. The fourth-order valence-electron chi connectivity index (χ4n) is 4.17. The van der Waals surface area contributed by atoms with Gasteiger partial charge in [0.15, 0.2) is 0 Å². The predicted octanol–water partition coefficient (Wildman–Crippen LogP) is 2.79. The van der Waals surface area contributed by atoms with Crippen LogP contribution in [0.2, 0.25) is 0 Å². The number of hydrogen-bond acceptors (Lipinski definition) is 7. The van der Waals surface area contributed by atoms with Gasteiger partial charge in [-0.25, -0.2) is 4.79 Å². The molecule has 0 aromatic heterocycles. The van der Waals surface area contributed by atoms with Crippen LogP contribution in [0.25, 0.3) is 0 Å². The third kappa shape index (κ3) is 8.61. The Labute approximate surface area is 199 Å². The van der Waals surface area contributed by atoms with Crippen LogP contribution in [0.1, 0.15) is 53.4 Å². The van der Waals surface area contributed by atoms with Crippen molar-refractivity contribution in [1.29, 1.82) is 10.7 Å². The maximum Gasteiger partial charge on any atom is 0.410 e. The van der Waals surface area contributed by atoms with Crippen molar-refractivity contribution in [2.24, 2.45) is 0 Å². The van der Waals surface area contributed by atoms with Crippen LogP contribution in [0.3, 0.4) is 0 Å². The van der Waals surface area contributed by atoms with E-state index in [-0.39, 0.29) is 18.7 Å². The van der Waals surface area contributed by atoms with Gasteiger partial charge in [-0.15, -0.1) is 0 Å². The van der Waals surface area contributed by atoms with Gasteiger partial charge in [0.05, 0.1) is 25.1 Å². The molecule has 0 aliphatic carbocycles. The first-order valence-corrected chi connectivity index (χ1v) is 11.9. The Morgan fingerprint density at radius 3 is 2.64 bits per heavy atom. The van der Waals surface area contributed by atoms with Gasteiger partial charge in [-0.05, 0) is 66.1 Å². The van der Waals surface area contributed by atoms with Crippen LogP contribution in [-0.2, 0) is 9.47 Å². The number of amidine groups is 1. The van der Waals surface area contributed by atoms with Crippen LogP contribution in [0, 0.1) is 16.7 Å². The zero-order chi connectivity index (χ0) is 24.6. The minimum Gasteiger partial charge on any atom is -0.444 e. The zero-order valence-corrected chi connectivity index (χ0v) is 21.0. The summed E-state index contributed by atoms with van der Waals surface area (Å²) in [7, 11) is 2.14. The van der Waals surface area contributed by atoms with Crippen molar-refractivity contribution in [2.75, 3.05) is 46.4 Å². The lowest BCUT2D eigenvalue weighted by Crippen LogP contribution is -2.57. The average Bonchev–Trinajstić information content (AvgIpc) is 3.15. The number of likely N-dealkylation sites (N-methyl/N-ethyl adjacent to an activating group) is 1. The number of ether oxygens (including phenoxy) is 2. The molecule has 1 amide bonds. The first kappa shape index (κ1) is 27.1. The van der Waals surface area contributed by atoms with Gasteiger partial charge in [0.25, 0.3) is 0 Å². The molecule has 0 aromatic carbocycles. The van der Waals surface area contributed by atoms with Crippen LogP contribution in [-0.4, -0.2) is 96.9 Å². The quantitative estimate of drug-likeness (QED) is 0.308. The Bertz CT molecular complexity index is 729. The van der Waals surface area contributed by atoms with Gasteiger partial charge < -0.3 is 24.2 Å². The third-order valence-electron chi connectivity index (χ3n) is 6.16. The number of amides is 1. The van der Waals surface area contributed by atoms with Crippen molar-refractivity contribution >= 4 is 11.9 Å². The highest BCUT2D eigenvalue weighted by Gasteiger charge is 2.34. The van der Waals surface area contributed by atoms with Gasteiger partial charge in [0, 0.05) is 32.2 Å². The van der Waals surface area contributed by atoms with Gasteiger partial charge >= 0.3 is 6.09 Å². The Morgan fingerprint density at radius 2 is 2.03 bits per heavy atom. The molecule has 2 saturated heterocycles. The maximum absolute atomic E-state index is 12.6. The molecule has 2 rings (SSSR count). The lowest BCUT2D eigenvalue weighted by Gasteiger charge is -2.42. The van der Waals surface area contributed by atoms with Crippen molar-refractivity contribution in [3.05, 3.63) is 12.2 Å². The third-order valence-corrected chi connectivity index (χ3v) is 6.16. The summed E-state index contributed by atoms with van der Waals surface area (Å²) in [6.45, 7) is 15.5. The lowest BCUT2D eigenvalue weighted by molar-refractivity contribution is 0.00584. The standard InChI is InChI=1S/C24H42N6O3/c1-18(10-12-27-19(2)32-17-21-8-7-13-28(21)6)22(26)29-14-15-30(20(16-29)9-11-25)23(31)33-24(3,4)5/h19-21,26-27H,1,7-10,12-17H2,2-6H3/t19?,20-,21-/m0/s1. The highest BCUT2D eigenvalue weighted by molar-refractivity contribution is 5.95. The summed E-state index contributed by atoms with van der Waals surface area (Å²) in [5, 5.41) is 21.2. The molecule has 2 aliphatic heterocycles. The van der Waals surface area contributed by atoms with E-state index in [1.165, 1.54) is 12.8 Å². The number of carbonyl (C=O) groups excluding carboxylic acids is 1. The Balaban J connectivity index is 1.77. The Kier molecular flexibility index (Phi) is 10.1. The number of nitrogens with one attached hydrogen (secondary N) is 2. The van der Waals surface area contributed by atoms with Crippen LogP contribution >= 0.6 is 0 Å². The summed E-state index contributed by atoms with van der Waals surface area (Å²) >= 11 is 0. The molecule has 0 radical (unpaired) electrons. The molecular formula is C24H42N6O3. The minimum absolute atomic E-state index is 0.0571. The van der Waals surface area contributed by atoms with Gasteiger partial charge in [0.1, 0.15) is 17.7 Å². The normalized spacial score (nSPS) is 22.7. The summed E-state index contributed by atoms with van der Waals surface area (Å²) in [6.07, 6.45) is 2.78. The smallest absolute Gasteiger partial charge is 0.410 e. The van der Waals surface area contributed by atoms with Crippen molar-refractivity contribution in [3.8, 4) is 6.07 Å². The average molecular weight is 463 g/mol. The van der Waals surface area contributed by atoms with E-state index in [9.17, 15) is 10.1 Å². The molecule has 0 spiro atoms. The number of likely N-dealkylation sites (tertiary alicyclic amines) is 1. The van der Waals surface area contributed by atoms with Crippen LogP contribution < -0.4 is 5.32 Å². The number of piperazine rings is 1. The SMILES string of the molecule is C=C(CCNC(C)OC[C@@H]1CCCN1C)C(=N)N1CCN(C(=O)OC(C)(C)C)[C@@H](CC#N)C1. The van der Waals surface area contributed by atoms with E-state index in [4.69, 9.17) is 14.9 Å². The molecule has 186 valence electrons. The van der Waals surface area contributed by atoms with E-state index in [0.29, 0.717) is 44.5 Å². The highest BCUT2D eigenvalue weighted by atomic mass is 16.6. The van der Waals surface area contributed by atoms with Gasteiger partial charge in [-0.2, -0.15) is 5.26 Å². The second-order valence-corrected chi connectivity index (χ2v) is 10.0. The first-order valence-electron chi connectivity index (χ1n) is 11.9. The van der Waals surface area contributed by atoms with Crippen molar-refractivity contribution < 1.29 is 14.3 Å². The largest absolute Gasteiger partial charge is 0.444 e. The van der Waals surface area contributed by atoms with E-state index in [1.54, 1.807) is 4.90 Å². The monoisotopic (exact) mass is 462 g/mol. The molecule has 9 heteroatoms. The van der Waals surface area contributed by atoms with E-state index in [2.05, 4.69) is 29.9 Å². The first-order chi connectivity index (χ1) is 15.5. The molecular weight excluding hydrogens is 420 g/mol. The fraction of sp³-hybridized carbons (Fsp3) is 0.792. The topological polar surface area (TPSA) is 105 Å². The van der Waals surface area contributed by atoms with E-state index >= 15 is 0 Å². The number of rotatable bonds is 9. The number of hydrogen-bond donors (Lipinski definition) is 2. The van der Waals surface area contributed by atoms with Crippen LogP contribution in [0.15, 0.2) is 12.2 Å². The highest BCUT2D eigenvalue weighted by Crippen LogP contribution is 2.19. The van der Waals surface area contributed by atoms with Gasteiger partial charge in [-0.3, -0.25) is 10.7 Å². The summed E-state index contributed by atoms with van der Waals surface area (Å²) < 4.78 is 11.4. The zero-order valence-electron chi connectivity index (χ0n) is 21.0. The van der Waals surface area contributed by atoms with E-state index in [0.717, 1.165) is 18.7 Å². The summed E-state index contributed by atoms with van der Waals surface area (Å²) in [5.74, 6) is 0.365. The van der Waals surface area contributed by atoms with E-state index < -0.39 is 11.7 Å². The molecule has 3 atom stereocenters. The van der Waals surface area contributed by atoms with Crippen molar-refractivity contribution in [1.82, 2.24) is 20.0 Å². The number of carbonyl (C=O) groups is 1. The Hall–Kier alpha value is -2.15. The number of nitrogens with zero attached hydrogens (tertiary/aromatic N) is 4. The molecule has 2 fully saturated rings. The molecule has 0 bridgehead atoms. The fourth-order valence-corrected chi connectivity index (χ4v) is 4.17. The summed E-state index contributed by atoms with van der Waals surface area (Å²) in [6, 6.07) is 2.34. The van der Waals surface area contributed by atoms with Crippen molar-refractivity contribution in [2.45, 2.75) is 77.3 Å². The lowest BCUT2D eigenvalue weighted by atomic mass is 10.1. The van der Waals surface area contributed by atoms with Crippen LogP contribution in [0.5, 0.6) is 0 Å². The minimum atomic E-state index is -0.590.